The highest BCUT2D eigenvalue weighted by molar-refractivity contribution is 14.0. The number of guanidine groups is 1. The van der Waals surface area contributed by atoms with Crippen LogP contribution in [0, 0.1) is 0 Å². The molecule has 0 bridgehead atoms. The van der Waals surface area contributed by atoms with Crippen LogP contribution in [0.5, 0.6) is 0 Å². The third-order valence-corrected chi connectivity index (χ3v) is 3.38. The average Bonchev–Trinajstić information content (AvgIpc) is 3.31. The number of rotatable bonds is 4. The number of aliphatic imine (C=N–C) groups is 1. The van der Waals surface area contributed by atoms with Crippen molar-refractivity contribution in [1.82, 2.24) is 4.98 Å². The first-order valence-corrected chi connectivity index (χ1v) is 6.88. The molecule has 0 radical (unpaired) electrons. The van der Waals surface area contributed by atoms with E-state index in [0.717, 1.165) is 5.92 Å². The van der Waals surface area contributed by atoms with E-state index in [2.05, 4.69) is 39.6 Å². The Kier molecular flexibility index (Phi) is 5.55. The predicted octanol–water partition coefficient (Wildman–Crippen LogP) is 3.50. The fraction of sp³-hybridized carbons (Fsp3) is 0.250. The molecule has 0 aliphatic heterocycles. The Labute approximate surface area is 141 Å². The van der Waals surface area contributed by atoms with Crippen LogP contribution in [0.3, 0.4) is 0 Å². The summed E-state index contributed by atoms with van der Waals surface area (Å²) in [5.41, 5.74) is 8.45. The van der Waals surface area contributed by atoms with Gasteiger partial charge in [-0.15, -0.1) is 24.0 Å². The molecule has 4 nitrogen and oxygen atoms in total. The highest BCUT2D eigenvalue weighted by Gasteiger charge is 2.22. The van der Waals surface area contributed by atoms with Gasteiger partial charge in [0.25, 0.3) is 0 Å². The quantitative estimate of drug-likeness (QED) is 0.474. The van der Waals surface area contributed by atoms with Gasteiger partial charge >= 0.3 is 0 Å². The summed E-state index contributed by atoms with van der Waals surface area (Å²) < 4.78 is 0. The van der Waals surface area contributed by atoms with Crippen LogP contribution < -0.4 is 11.1 Å². The molecule has 0 spiro atoms. The van der Waals surface area contributed by atoms with E-state index in [-0.39, 0.29) is 24.0 Å². The van der Waals surface area contributed by atoms with Gasteiger partial charge in [-0.2, -0.15) is 0 Å². The van der Waals surface area contributed by atoms with Gasteiger partial charge in [0, 0.05) is 6.20 Å². The number of anilines is 1. The minimum atomic E-state index is 0. The summed E-state index contributed by atoms with van der Waals surface area (Å²) in [6.45, 7) is 0.580. The molecular formula is C16H19IN4. The normalized spacial score (nSPS) is 14.4. The fourth-order valence-electron chi connectivity index (χ4n) is 2.10. The highest BCUT2D eigenvalue weighted by atomic mass is 127. The third-order valence-electron chi connectivity index (χ3n) is 3.38. The maximum absolute atomic E-state index is 5.84. The van der Waals surface area contributed by atoms with Crippen LogP contribution in [0.4, 0.5) is 5.82 Å². The van der Waals surface area contributed by atoms with Gasteiger partial charge in [-0.25, -0.2) is 9.98 Å². The second-order valence-electron chi connectivity index (χ2n) is 5.06. The lowest BCUT2D eigenvalue weighted by atomic mass is 10.1. The molecule has 1 aromatic carbocycles. The van der Waals surface area contributed by atoms with Crippen LogP contribution in [-0.2, 0) is 6.54 Å². The molecule has 1 aromatic heterocycles. The molecule has 21 heavy (non-hydrogen) atoms. The van der Waals surface area contributed by atoms with Crippen LogP contribution in [0.2, 0.25) is 0 Å². The molecule has 1 saturated carbocycles. The highest BCUT2D eigenvalue weighted by Crippen LogP contribution is 2.39. The predicted molar refractivity (Wildman–Crippen MR) is 97.0 cm³/mol. The molecule has 1 aliphatic rings. The van der Waals surface area contributed by atoms with E-state index in [0.29, 0.717) is 18.3 Å². The van der Waals surface area contributed by atoms with Crippen molar-refractivity contribution >= 4 is 35.8 Å². The molecule has 0 saturated heterocycles. The van der Waals surface area contributed by atoms with E-state index in [1.165, 1.54) is 24.0 Å². The number of pyridine rings is 1. The van der Waals surface area contributed by atoms with Crippen molar-refractivity contribution in [1.29, 1.82) is 0 Å². The molecular weight excluding hydrogens is 375 g/mol. The number of aromatic nitrogens is 1. The molecule has 0 amide bonds. The number of nitrogens with zero attached hydrogens (tertiary/aromatic N) is 2. The van der Waals surface area contributed by atoms with Gasteiger partial charge in [0.2, 0.25) is 0 Å². The number of nitrogens with two attached hydrogens (primary N) is 1. The molecule has 0 unspecified atom stereocenters. The van der Waals surface area contributed by atoms with E-state index in [1.54, 1.807) is 6.20 Å². The SMILES string of the molecule is I.NC(=NCc1ccc(C2CC2)cc1)Nc1ccccn1. The molecule has 0 atom stereocenters. The molecule has 1 aliphatic carbocycles. The summed E-state index contributed by atoms with van der Waals surface area (Å²) >= 11 is 0. The van der Waals surface area contributed by atoms with E-state index >= 15 is 0 Å². The van der Waals surface area contributed by atoms with Crippen molar-refractivity contribution in [2.45, 2.75) is 25.3 Å². The van der Waals surface area contributed by atoms with Crippen molar-refractivity contribution in [3.05, 3.63) is 59.8 Å². The van der Waals surface area contributed by atoms with Crippen LogP contribution in [0.15, 0.2) is 53.7 Å². The summed E-state index contributed by atoms with van der Waals surface area (Å²) in [5.74, 6) is 1.89. The first-order valence-electron chi connectivity index (χ1n) is 6.88. The zero-order valence-electron chi connectivity index (χ0n) is 11.7. The second kappa shape index (κ2) is 7.40. The van der Waals surface area contributed by atoms with Crippen molar-refractivity contribution in [3.63, 3.8) is 0 Å². The van der Waals surface area contributed by atoms with Crippen molar-refractivity contribution in [2.24, 2.45) is 10.7 Å². The molecule has 3 rings (SSSR count). The smallest absolute Gasteiger partial charge is 0.194 e. The number of halogens is 1. The van der Waals surface area contributed by atoms with Gasteiger partial charge in [-0.1, -0.05) is 30.3 Å². The fourth-order valence-corrected chi connectivity index (χ4v) is 2.10. The Morgan fingerprint density at radius 2 is 1.95 bits per heavy atom. The van der Waals surface area contributed by atoms with Crippen LogP contribution in [0.25, 0.3) is 0 Å². The van der Waals surface area contributed by atoms with Crippen molar-refractivity contribution in [2.75, 3.05) is 5.32 Å². The summed E-state index contributed by atoms with van der Waals surface area (Å²) in [7, 11) is 0. The Bertz CT molecular complexity index is 591. The summed E-state index contributed by atoms with van der Waals surface area (Å²) in [5, 5.41) is 2.97. The number of benzene rings is 1. The summed E-state index contributed by atoms with van der Waals surface area (Å²) in [6.07, 6.45) is 4.38. The lowest BCUT2D eigenvalue weighted by Gasteiger charge is -2.05. The zero-order chi connectivity index (χ0) is 13.8. The number of hydrogen-bond acceptors (Lipinski definition) is 2. The molecule has 1 fully saturated rings. The maximum Gasteiger partial charge on any atom is 0.194 e. The van der Waals surface area contributed by atoms with Crippen molar-refractivity contribution in [3.8, 4) is 0 Å². The maximum atomic E-state index is 5.84. The third kappa shape index (κ3) is 4.70. The van der Waals surface area contributed by atoms with Crippen LogP contribution >= 0.6 is 24.0 Å². The largest absolute Gasteiger partial charge is 0.370 e. The van der Waals surface area contributed by atoms with Gasteiger partial charge in [0.15, 0.2) is 5.96 Å². The monoisotopic (exact) mass is 394 g/mol. The van der Waals surface area contributed by atoms with Gasteiger partial charge < -0.3 is 11.1 Å². The van der Waals surface area contributed by atoms with Crippen LogP contribution in [-0.4, -0.2) is 10.9 Å². The summed E-state index contributed by atoms with van der Waals surface area (Å²) in [4.78, 5) is 8.46. The van der Waals surface area contributed by atoms with Gasteiger partial charge in [-0.3, -0.25) is 0 Å². The first-order chi connectivity index (χ1) is 9.81. The van der Waals surface area contributed by atoms with Crippen LogP contribution in [0.1, 0.15) is 29.9 Å². The Morgan fingerprint density at radius 3 is 2.57 bits per heavy atom. The molecule has 5 heteroatoms. The summed E-state index contributed by atoms with van der Waals surface area (Å²) in [6, 6.07) is 14.3. The van der Waals surface area contributed by atoms with E-state index < -0.39 is 0 Å². The second-order valence-corrected chi connectivity index (χ2v) is 5.06. The first kappa shape index (κ1) is 15.8. The van der Waals surface area contributed by atoms with Gasteiger partial charge in [-0.05, 0) is 42.0 Å². The Hall–Kier alpha value is -1.63. The van der Waals surface area contributed by atoms with Crippen molar-refractivity contribution < 1.29 is 0 Å². The number of nitrogens with one attached hydrogen (secondary N) is 1. The standard InChI is InChI=1S/C16H18N4.HI/c17-16(20-15-3-1-2-10-18-15)19-11-12-4-6-13(7-5-12)14-8-9-14;/h1-7,10,14H,8-9,11H2,(H3,17,18,19,20);1H. The number of hydrogen-bond donors (Lipinski definition) is 2. The minimum Gasteiger partial charge on any atom is -0.370 e. The molecule has 3 N–H and O–H groups in total. The topological polar surface area (TPSA) is 63.3 Å². The van der Waals surface area contributed by atoms with Gasteiger partial charge in [0.1, 0.15) is 5.82 Å². The molecule has 2 aromatic rings. The Morgan fingerprint density at radius 1 is 1.19 bits per heavy atom. The van der Waals surface area contributed by atoms with E-state index in [1.807, 2.05) is 18.2 Å². The molecule has 110 valence electrons. The minimum absolute atomic E-state index is 0. The Balaban J connectivity index is 0.00000161. The van der Waals surface area contributed by atoms with Gasteiger partial charge in [0.05, 0.1) is 6.54 Å². The van der Waals surface area contributed by atoms with E-state index in [9.17, 15) is 0 Å². The lowest BCUT2D eigenvalue weighted by Crippen LogP contribution is -2.23. The molecule has 1 heterocycles. The zero-order valence-corrected chi connectivity index (χ0v) is 14.0. The van der Waals surface area contributed by atoms with E-state index in [4.69, 9.17) is 5.73 Å². The lowest BCUT2D eigenvalue weighted by molar-refractivity contribution is 1.04. The average molecular weight is 394 g/mol.